The normalized spacial score (nSPS) is 13.0. The van der Waals surface area contributed by atoms with Crippen LogP contribution in [0, 0.1) is 12.7 Å². The van der Waals surface area contributed by atoms with Gasteiger partial charge in [0.25, 0.3) is 0 Å². The number of nitrogens with one attached hydrogen (secondary N) is 2. The smallest absolute Gasteiger partial charge is 0.243 e. The highest BCUT2D eigenvalue weighted by Crippen LogP contribution is 2.19. The van der Waals surface area contributed by atoms with E-state index in [1.165, 1.54) is 36.1 Å². The minimum Gasteiger partial charge on any atom is -0.350 e. The molecule has 0 heterocycles. The number of aryl methyl sites for hydroxylation is 1. The summed E-state index contributed by atoms with van der Waals surface area (Å²) in [5, 5.41) is 5.45. The number of carbonyl (C=O) groups is 3. The van der Waals surface area contributed by atoms with Gasteiger partial charge in [0.1, 0.15) is 23.4 Å². The number of hydrogen-bond donors (Lipinski definition) is 2. The standard InChI is InChI=1S/C24H30FN3O4S/c1-16-6-10-19(11-7-16)26-21(29)14-33(32)15-22(30)28(20-12-8-18(25)9-13-20)17(2)23(31)27-24(3,4)5/h6-13,17H,14-15H2,1-5H3,(H,26,29)(H,27,31). The van der Waals surface area contributed by atoms with Crippen LogP contribution in [0.15, 0.2) is 48.5 Å². The third-order valence-electron chi connectivity index (χ3n) is 4.55. The van der Waals surface area contributed by atoms with Gasteiger partial charge in [0.2, 0.25) is 17.7 Å². The highest BCUT2D eigenvalue weighted by molar-refractivity contribution is 7.86. The molecule has 178 valence electrons. The lowest BCUT2D eigenvalue weighted by Crippen LogP contribution is -2.53. The Labute approximate surface area is 196 Å². The number of anilines is 2. The van der Waals surface area contributed by atoms with E-state index in [1.807, 2.05) is 39.8 Å². The van der Waals surface area contributed by atoms with Crippen molar-refractivity contribution in [3.63, 3.8) is 0 Å². The molecule has 2 N–H and O–H groups in total. The average Bonchev–Trinajstić information content (AvgIpc) is 2.69. The molecule has 0 spiro atoms. The fourth-order valence-corrected chi connectivity index (χ4v) is 3.90. The Balaban J connectivity index is 2.12. The molecule has 0 aliphatic rings. The third-order valence-corrected chi connectivity index (χ3v) is 5.70. The summed E-state index contributed by atoms with van der Waals surface area (Å²) >= 11 is 0. The van der Waals surface area contributed by atoms with Crippen molar-refractivity contribution < 1.29 is 23.0 Å². The van der Waals surface area contributed by atoms with E-state index in [0.29, 0.717) is 11.4 Å². The van der Waals surface area contributed by atoms with E-state index in [1.54, 1.807) is 12.1 Å². The lowest BCUT2D eigenvalue weighted by atomic mass is 10.1. The lowest BCUT2D eigenvalue weighted by molar-refractivity contribution is -0.126. The van der Waals surface area contributed by atoms with Gasteiger partial charge in [-0.25, -0.2) is 4.39 Å². The number of hydrogen-bond acceptors (Lipinski definition) is 4. The summed E-state index contributed by atoms with van der Waals surface area (Å²) in [5.41, 5.74) is 1.36. The molecule has 9 heteroatoms. The number of halogens is 1. The van der Waals surface area contributed by atoms with Crippen LogP contribution in [0.4, 0.5) is 15.8 Å². The monoisotopic (exact) mass is 475 g/mol. The summed E-state index contributed by atoms with van der Waals surface area (Å²) in [7, 11) is -1.81. The number of carbonyl (C=O) groups excluding carboxylic acids is 3. The first-order valence-corrected chi connectivity index (χ1v) is 12.0. The van der Waals surface area contributed by atoms with E-state index < -0.39 is 51.7 Å². The van der Waals surface area contributed by atoms with Crippen LogP contribution < -0.4 is 15.5 Å². The van der Waals surface area contributed by atoms with Crippen LogP contribution in [0.25, 0.3) is 0 Å². The topological polar surface area (TPSA) is 95.6 Å². The summed E-state index contributed by atoms with van der Waals surface area (Å²) in [6.45, 7) is 8.88. The quantitative estimate of drug-likeness (QED) is 0.613. The molecule has 0 fully saturated rings. The minimum atomic E-state index is -1.81. The molecule has 2 aromatic carbocycles. The van der Waals surface area contributed by atoms with Gasteiger partial charge in [-0.05, 0) is 71.0 Å². The third kappa shape index (κ3) is 8.42. The van der Waals surface area contributed by atoms with Crippen molar-refractivity contribution in [3.8, 4) is 0 Å². The Morgan fingerprint density at radius 2 is 1.58 bits per heavy atom. The molecular weight excluding hydrogens is 445 g/mol. The highest BCUT2D eigenvalue weighted by atomic mass is 32.2. The van der Waals surface area contributed by atoms with Gasteiger partial charge < -0.3 is 10.6 Å². The fraction of sp³-hybridized carbons (Fsp3) is 0.375. The van der Waals surface area contributed by atoms with Crippen molar-refractivity contribution >= 4 is 39.9 Å². The van der Waals surface area contributed by atoms with Crippen molar-refractivity contribution in [3.05, 3.63) is 59.9 Å². The summed E-state index contributed by atoms with van der Waals surface area (Å²) in [6, 6.07) is 11.3. The zero-order valence-corrected chi connectivity index (χ0v) is 20.3. The lowest BCUT2D eigenvalue weighted by Gasteiger charge is -2.31. The highest BCUT2D eigenvalue weighted by Gasteiger charge is 2.30. The maximum Gasteiger partial charge on any atom is 0.243 e. The molecule has 7 nitrogen and oxygen atoms in total. The number of benzene rings is 2. The van der Waals surface area contributed by atoms with E-state index in [-0.39, 0.29) is 5.75 Å². The van der Waals surface area contributed by atoms with Crippen molar-refractivity contribution in [2.24, 2.45) is 0 Å². The van der Waals surface area contributed by atoms with E-state index in [9.17, 15) is 23.0 Å². The fourth-order valence-electron chi connectivity index (χ4n) is 3.02. The van der Waals surface area contributed by atoms with Gasteiger partial charge in [0.05, 0.1) is 0 Å². The first kappa shape index (κ1) is 26.2. The van der Waals surface area contributed by atoms with Gasteiger partial charge in [-0.15, -0.1) is 0 Å². The number of rotatable bonds is 8. The predicted octanol–water partition coefficient (Wildman–Crippen LogP) is 3.16. The van der Waals surface area contributed by atoms with Crippen molar-refractivity contribution in [2.45, 2.75) is 46.2 Å². The summed E-state index contributed by atoms with van der Waals surface area (Å²) < 4.78 is 26.0. The van der Waals surface area contributed by atoms with Crippen LogP contribution >= 0.6 is 0 Å². The Morgan fingerprint density at radius 1 is 1.00 bits per heavy atom. The predicted molar refractivity (Wildman–Crippen MR) is 129 cm³/mol. The summed E-state index contributed by atoms with van der Waals surface area (Å²) in [4.78, 5) is 39.2. The van der Waals surface area contributed by atoms with Gasteiger partial charge in [-0.3, -0.25) is 23.5 Å². The zero-order valence-electron chi connectivity index (χ0n) is 19.5. The molecule has 2 unspecified atom stereocenters. The number of amides is 3. The molecule has 0 radical (unpaired) electrons. The summed E-state index contributed by atoms with van der Waals surface area (Å²) in [5.74, 6) is -2.85. The van der Waals surface area contributed by atoms with E-state index in [4.69, 9.17) is 0 Å². The van der Waals surface area contributed by atoms with Gasteiger partial charge in [-0.1, -0.05) is 17.7 Å². The van der Waals surface area contributed by atoms with Crippen LogP contribution in [-0.2, 0) is 25.2 Å². The molecule has 0 aliphatic heterocycles. The van der Waals surface area contributed by atoms with Crippen LogP contribution in [-0.4, -0.2) is 45.0 Å². The number of nitrogens with zero attached hydrogens (tertiary/aromatic N) is 1. The SMILES string of the molecule is Cc1ccc(NC(=O)CS(=O)CC(=O)N(c2ccc(F)cc2)C(C)C(=O)NC(C)(C)C)cc1. The second-order valence-electron chi connectivity index (χ2n) is 8.80. The van der Waals surface area contributed by atoms with Gasteiger partial charge in [0.15, 0.2) is 0 Å². The van der Waals surface area contributed by atoms with Crippen molar-refractivity contribution in [1.29, 1.82) is 0 Å². The van der Waals surface area contributed by atoms with Crippen molar-refractivity contribution in [1.82, 2.24) is 5.32 Å². The molecule has 33 heavy (non-hydrogen) atoms. The maximum absolute atomic E-state index is 13.4. The second-order valence-corrected chi connectivity index (χ2v) is 10.3. The minimum absolute atomic E-state index is 0.291. The molecule has 0 aliphatic carbocycles. The van der Waals surface area contributed by atoms with Crippen LogP contribution in [0.1, 0.15) is 33.3 Å². The molecule has 0 aromatic heterocycles. The van der Waals surface area contributed by atoms with Gasteiger partial charge in [-0.2, -0.15) is 0 Å². The van der Waals surface area contributed by atoms with Crippen LogP contribution in [0.3, 0.4) is 0 Å². The largest absolute Gasteiger partial charge is 0.350 e. The molecule has 0 bridgehead atoms. The average molecular weight is 476 g/mol. The van der Waals surface area contributed by atoms with Gasteiger partial charge >= 0.3 is 0 Å². The van der Waals surface area contributed by atoms with Gasteiger partial charge in [0, 0.05) is 27.7 Å². The van der Waals surface area contributed by atoms with E-state index >= 15 is 0 Å². The Kier molecular flexibility index (Phi) is 8.87. The second kappa shape index (κ2) is 11.2. The zero-order chi connectivity index (χ0) is 24.8. The molecule has 0 saturated heterocycles. The van der Waals surface area contributed by atoms with E-state index in [0.717, 1.165) is 5.56 Å². The maximum atomic E-state index is 13.4. The van der Waals surface area contributed by atoms with Crippen molar-refractivity contribution in [2.75, 3.05) is 21.7 Å². The molecule has 2 atom stereocenters. The molecule has 3 amide bonds. The molecular formula is C24H30FN3O4S. The Bertz CT molecular complexity index is 1020. The molecule has 2 rings (SSSR count). The molecule has 2 aromatic rings. The Morgan fingerprint density at radius 3 is 2.12 bits per heavy atom. The van der Waals surface area contributed by atoms with E-state index in [2.05, 4.69) is 10.6 Å². The summed E-state index contributed by atoms with van der Waals surface area (Å²) in [6.07, 6.45) is 0. The van der Waals surface area contributed by atoms with Crippen LogP contribution in [0.2, 0.25) is 0 Å². The molecule has 0 saturated carbocycles. The Hall–Kier alpha value is -3.07. The first-order chi connectivity index (χ1) is 15.4. The van der Waals surface area contributed by atoms with Crippen LogP contribution in [0.5, 0.6) is 0 Å². The first-order valence-electron chi connectivity index (χ1n) is 10.5.